The van der Waals surface area contributed by atoms with Crippen molar-refractivity contribution >= 4 is 22.6 Å². The van der Waals surface area contributed by atoms with E-state index in [-0.39, 0.29) is 5.79 Å². The van der Waals surface area contributed by atoms with Gasteiger partial charge in [0.25, 0.3) is 5.79 Å². The van der Waals surface area contributed by atoms with E-state index in [2.05, 4.69) is 48.6 Å². The average molecular weight is 386 g/mol. The van der Waals surface area contributed by atoms with Crippen LogP contribution >= 0.6 is 22.6 Å². The first-order chi connectivity index (χ1) is 9.65. The molecule has 2 nitrogen and oxygen atoms in total. The molecule has 0 unspecified atom stereocenters. The van der Waals surface area contributed by atoms with Crippen LogP contribution in [0.1, 0.15) is 63.0 Å². The molecule has 0 atom stereocenters. The maximum atomic E-state index is 6.39. The molecule has 1 aliphatic heterocycles. The summed E-state index contributed by atoms with van der Waals surface area (Å²) in [4.78, 5) is 0. The lowest BCUT2D eigenvalue weighted by Gasteiger charge is -2.31. The van der Waals surface area contributed by atoms with E-state index < -0.39 is 0 Å². The number of alkyl halides is 1. The Hall–Kier alpha value is -0.450. The SMILES string of the molecule is CC(C)c1c(CCI)ccc2c1OC1(CCCCC1)O2. The summed E-state index contributed by atoms with van der Waals surface area (Å²) in [6.07, 6.45) is 6.90. The highest BCUT2D eigenvalue weighted by atomic mass is 127. The normalized spacial score (nSPS) is 19.8. The fourth-order valence-electron chi connectivity index (χ4n) is 3.46. The van der Waals surface area contributed by atoms with Crippen LogP contribution in [0.25, 0.3) is 0 Å². The average Bonchev–Trinajstić information content (AvgIpc) is 2.76. The minimum atomic E-state index is -0.354. The van der Waals surface area contributed by atoms with Gasteiger partial charge in [0.15, 0.2) is 11.5 Å². The lowest BCUT2D eigenvalue weighted by Crippen LogP contribution is -2.40. The number of halogens is 1. The van der Waals surface area contributed by atoms with Crippen molar-refractivity contribution in [1.82, 2.24) is 0 Å². The zero-order valence-electron chi connectivity index (χ0n) is 12.4. The summed E-state index contributed by atoms with van der Waals surface area (Å²) in [6, 6.07) is 4.35. The van der Waals surface area contributed by atoms with Crippen molar-refractivity contribution in [3.63, 3.8) is 0 Å². The van der Waals surface area contributed by atoms with Crippen molar-refractivity contribution < 1.29 is 9.47 Å². The molecule has 1 saturated carbocycles. The molecule has 110 valence electrons. The van der Waals surface area contributed by atoms with Crippen LogP contribution in [-0.2, 0) is 6.42 Å². The first-order valence-corrected chi connectivity index (χ1v) is 9.27. The molecular formula is C17H23IO2. The Morgan fingerprint density at radius 2 is 1.90 bits per heavy atom. The summed E-state index contributed by atoms with van der Waals surface area (Å²) in [6.45, 7) is 4.50. The standard InChI is InChI=1S/C17H23IO2/c1-12(2)15-13(8-11-18)6-7-14-16(15)20-17(19-14)9-4-3-5-10-17/h6-7,12H,3-5,8-11H2,1-2H3. The molecule has 0 N–H and O–H groups in total. The van der Waals surface area contributed by atoms with Gasteiger partial charge in [0.05, 0.1) is 0 Å². The molecule has 2 aliphatic rings. The van der Waals surface area contributed by atoms with E-state index >= 15 is 0 Å². The predicted molar refractivity (Wildman–Crippen MR) is 90.2 cm³/mol. The molecule has 20 heavy (non-hydrogen) atoms. The van der Waals surface area contributed by atoms with Gasteiger partial charge in [0.2, 0.25) is 0 Å². The fourth-order valence-corrected chi connectivity index (χ4v) is 4.04. The van der Waals surface area contributed by atoms with Crippen LogP contribution in [0.4, 0.5) is 0 Å². The van der Waals surface area contributed by atoms with E-state index in [1.54, 1.807) is 0 Å². The molecule has 0 aromatic heterocycles. The second-order valence-corrected chi connectivity index (χ2v) is 7.31. The summed E-state index contributed by atoms with van der Waals surface area (Å²) < 4.78 is 13.8. The summed E-state index contributed by atoms with van der Waals surface area (Å²) in [5.74, 6) is 2.12. The number of benzene rings is 1. The molecule has 1 aliphatic carbocycles. The molecule has 1 aromatic rings. The van der Waals surface area contributed by atoms with Gasteiger partial charge in [-0.1, -0.05) is 48.9 Å². The van der Waals surface area contributed by atoms with Gasteiger partial charge >= 0.3 is 0 Å². The van der Waals surface area contributed by atoms with Crippen molar-refractivity contribution in [2.24, 2.45) is 0 Å². The molecule has 3 heteroatoms. The smallest absolute Gasteiger partial charge is 0.251 e. The minimum absolute atomic E-state index is 0.354. The largest absolute Gasteiger partial charge is 0.448 e. The topological polar surface area (TPSA) is 18.5 Å². The van der Waals surface area contributed by atoms with Crippen LogP contribution in [0.2, 0.25) is 0 Å². The van der Waals surface area contributed by atoms with Gasteiger partial charge in [0, 0.05) is 22.8 Å². The molecule has 1 heterocycles. The zero-order valence-corrected chi connectivity index (χ0v) is 14.5. The number of aryl methyl sites for hydroxylation is 1. The van der Waals surface area contributed by atoms with Gasteiger partial charge in [-0.3, -0.25) is 0 Å². The molecule has 0 radical (unpaired) electrons. The summed E-state index contributed by atoms with van der Waals surface area (Å²) in [5.41, 5.74) is 2.78. The summed E-state index contributed by atoms with van der Waals surface area (Å²) in [5, 5.41) is 0. The second-order valence-electron chi connectivity index (χ2n) is 6.23. The predicted octanol–water partition coefficient (Wildman–Crippen LogP) is 5.22. The van der Waals surface area contributed by atoms with Gasteiger partial charge in [-0.2, -0.15) is 0 Å². The second kappa shape index (κ2) is 5.74. The van der Waals surface area contributed by atoms with E-state index in [1.807, 2.05) is 0 Å². The number of rotatable bonds is 3. The molecule has 3 rings (SSSR count). The third kappa shape index (κ3) is 2.53. The third-order valence-electron chi connectivity index (χ3n) is 4.39. The zero-order chi connectivity index (χ0) is 14.2. The minimum Gasteiger partial charge on any atom is -0.448 e. The molecule has 1 spiro atoms. The first kappa shape index (κ1) is 14.5. The number of fused-ring (bicyclic) bond motifs is 1. The van der Waals surface area contributed by atoms with Crippen molar-refractivity contribution in [2.45, 2.75) is 64.1 Å². The lowest BCUT2D eigenvalue weighted by atomic mass is 9.93. The van der Waals surface area contributed by atoms with E-state index in [4.69, 9.17) is 9.47 Å². The van der Waals surface area contributed by atoms with Crippen molar-refractivity contribution in [2.75, 3.05) is 4.43 Å². The van der Waals surface area contributed by atoms with E-state index in [1.165, 1.54) is 30.4 Å². The van der Waals surface area contributed by atoms with Crippen LogP contribution in [0.15, 0.2) is 12.1 Å². The van der Waals surface area contributed by atoms with E-state index in [0.29, 0.717) is 5.92 Å². The lowest BCUT2D eigenvalue weighted by molar-refractivity contribution is -0.105. The van der Waals surface area contributed by atoms with Gasteiger partial charge in [-0.15, -0.1) is 0 Å². The maximum Gasteiger partial charge on any atom is 0.251 e. The quantitative estimate of drug-likeness (QED) is 0.524. The highest BCUT2D eigenvalue weighted by Crippen LogP contribution is 2.49. The van der Waals surface area contributed by atoms with Gasteiger partial charge in [-0.25, -0.2) is 0 Å². The van der Waals surface area contributed by atoms with E-state index in [9.17, 15) is 0 Å². The number of hydrogen-bond donors (Lipinski definition) is 0. The van der Waals surface area contributed by atoms with Crippen LogP contribution in [0.5, 0.6) is 11.5 Å². The van der Waals surface area contributed by atoms with Crippen LogP contribution < -0.4 is 9.47 Å². The Balaban J connectivity index is 1.98. The van der Waals surface area contributed by atoms with Crippen LogP contribution in [-0.4, -0.2) is 10.2 Å². The highest BCUT2D eigenvalue weighted by molar-refractivity contribution is 14.1. The van der Waals surface area contributed by atoms with Crippen molar-refractivity contribution in [1.29, 1.82) is 0 Å². The number of hydrogen-bond acceptors (Lipinski definition) is 2. The Kier molecular flexibility index (Phi) is 4.16. The van der Waals surface area contributed by atoms with Crippen LogP contribution in [0.3, 0.4) is 0 Å². The summed E-state index contributed by atoms with van der Waals surface area (Å²) >= 11 is 2.44. The fraction of sp³-hybridized carbons (Fsp3) is 0.647. The molecule has 0 saturated heterocycles. The van der Waals surface area contributed by atoms with E-state index in [0.717, 1.165) is 35.2 Å². The Bertz CT molecular complexity index is 490. The maximum absolute atomic E-state index is 6.39. The molecule has 0 amide bonds. The van der Waals surface area contributed by atoms with Gasteiger partial charge in [-0.05, 0) is 36.8 Å². The molecule has 1 aromatic carbocycles. The Morgan fingerprint density at radius 1 is 1.15 bits per heavy atom. The van der Waals surface area contributed by atoms with Crippen LogP contribution in [0, 0.1) is 0 Å². The molecular weight excluding hydrogens is 363 g/mol. The molecule has 0 bridgehead atoms. The van der Waals surface area contributed by atoms with Gasteiger partial charge < -0.3 is 9.47 Å². The molecule has 1 fully saturated rings. The Labute approximate surface area is 135 Å². The number of ether oxygens (including phenoxy) is 2. The summed E-state index contributed by atoms with van der Waals surface area (Å²) in [7, 11) is 0. The van der Waals surface area contributed by atoms with Crippen molar-refractivity contribution in [3.8, 4) is 11.5 Å². The first-order valence-electron chi connectivity index (χ1n) is 7.75. The monoisotopic (exact) mass is 386 g/mol. The Morgan fingerprint density at radius 3 is 2.55 bits per heavy atom. The highest BCUT2D eigenvalue weighted by Gasteiger charge is 2.43. The van der Waals surface area contributed by atoms with Crippen molar-refractivity contribution in [3.05, 3.63) is 23.3 Å². The van der Waals surface area contributed by atoms with Gasteiger partial charge in [0.1, 0.15) is 0 Å². The third-order valence-corrected chi connectivity index (χ3v) is 4.93.